The van der Waals surface area contributed by atoms with Gasteiger partial charge >= 0.3 is 0 Å². The second-order valence-corrected chi connectivity index (χ2v) is 11.8. The Bertz CT molecular complexity index is 1960. The van der Waals surface area contributed by atoms with Crippen LogP contribution >= 0.6 is 23.4 Å². The van der Waals surface area contributed by atoms with Gasteiger partial charge in [-0.15, -0.1) is 0 Å². The third-order valence-electron chi connectivity index (χ3n) is 7.34. The smallest absolute Gasteiger partial charge is 0.254 e. The molecule has 0 radical (unpaired) electrons. The molecule has 4 N–H and O–H groups in total. The molecule has 1 aliphatic rings. The molecule has 11 heteroatoms. The van der Waals surface area contributed by atoms with Crippen LogP contribution in [0.2, 0.25) is 5.02 Å². The number of nitriles is 1. The fourth-order valence-electron chi connectivity index (χ4n) is 5.14. The summed E-state index contributed by atoms with van der Waals surface area (Å²) in [5.74, 6) is -2.04. The SMILES string of the molecule is COc1cc([C@H]2C(C#N)=C(SCC(=O)Nc3ccc(Cl)cc3C(=O)c3ccccc3)NC(C)=C2C(=O)Nc2ccccc2)ccc1O. The molecule has 0 bridgehead atoms. The molecular weight excluding hydrogens is 636 g/mol. The number of ether oxygens (including phenoxy) is 1. The highest BCUT2D eigenvalue weighted by Gasteiger charge is 2.35. The molecule has 236 valence electrons. The van der Waals surface area contributed by atoms with Gasteiger partial charge in [0.05, 0.1) is 41.1 Å². The second-order valence-electron chi connectivity index (χ2n) is 10.4. The summed E-state index contributed by atoms with van der Waals surface area (Å²) in [7, 11) is 1.41. The van der Waals surface area contributed by atoms with Gasteiger partial charge in [-0.3, -0.25) is 14.4 Å². The van der Waals surface area contributed by atoms with Crippen LogP contribution in [0.4, 0.5) is 11.4 Å². The monoisotopic (exact) mass is 664 g/mol. The molecule has 4 aromatic rings. The number of amides is 2. The van der Waals surface area contributed by atoms with Gasteiger partial charge in [-0.05, 0) is 55.0 Å². The maximum absolute atomic E-state index is 13.7. The number of carbonyl (C=O) groups is 3. The van der Waals surface area contributed by atoms with Crippen LogP contribution in [0.1, 0.15) is 34.3 Å². The van der Waals surface area contributed by atoms with E-state index in [0.717, 1.165) is 11.8 Å². The number of halogens is 1. The number of phenols is 1. The number of carbonyl (C=O) groups excluding carboxylic acids is 3. The van der Waals surface area contributed by atoms with Gasteiger partial charge in [-0.2, -0.15) is 5.26 Å². The molecular formula is C36H29ClN4O5S. The van der Waals surface area contributed by atoms with Gasteiger partial charge in [0.2, 0.25) is 5.91 Å². The van der Waals surface area contributed by atoms with Gasteiger partial charge in [0, 0.05) is 33.1 Å². The Hall–Kier alpha value is -5.50. The van der Waals surface area contributed by atoms with E-state index in [1.54, 1.807) is 85.8 Å². The first-order valence-electron chi connectivity index (χ1n) is 14.4. The maximum Gasteiger partial charge on any atom is 0.254 e. The van der Waals surface area contributed by atoms with Crippen molar-refractivity contribution in [2.24, 2.45) is 0 Å². The Morgan fingerprint density at radius 2 is 1.68 bits per heavy atom. The van der Waals surface area contributed by atoms with Crippen LogP contribution in [0.25, 0.3) is 0 Å². The first-order chi connectivity index (χ1) is 22.7. The highest BCUT2D eigenvalue weighted by molar-refractivity contribution is 8.03. The Balaban J connectivity index is 1.43. The molecule has 2 amide bonds. The van der Waals surface area contributed by atoms with E-state index in [9.17, 15) is 24.8 Å². The summed E-state index contributed by atoms with van der Waals surface area (Å²) in [6, 6.07) is 29.1. The molecule has 0 spiro atoms. The molecule has 1 atom stereocenters. The number of benzene rings is 4. The number of thioether (sulfide) groups is 1. The summed E-state index contributed by atoms with van der Waals surface area (Å²) in [4.78, 5) is 40.2. The lowest BCUT2D eigenvalue weighted by Crippen LogP contribution is -2.31. The average molecular weight is 665 g/mol. The van der Waals surface area contributed by atoms with Crippen LogP contribution in [0.3, 0.4) is 0 Å². The number of aromatic hydroxyl groups is 1. The second kappa shape index (κ2) is 14.7. The zero-order chi connectivity index (χ0) is 33.5. The molecule has 0 unspecified atom stereocenters. The molecule has 4 aromatic carbocycles. The quantitative estimate of drug-likeness (QED) is 0.133. The van der Waals surface area contributed by atoms with Crippen molar-refractivity contribution in [1.82, 2.24) is 5.32 Å². The summed E-state index contributed by atoms with van der Waals surface area (Å²) in [5, 5.41) is 30.3. The number of hydrogen-bond acceptors (Lipinski definition) is 8. The zero-order valence-electron chi connectivity index (χ0n) is 25.3. The molecule has 0 saturated heterocycles. The van der Waals surface area contributed by atoms with E-state index in [2.05, 4.69) is 22.0 Å². The van der Waals surface area contributed by atoms with Crippen molar-refractivity contribution in [3.63, 3.8) is 0 Å². The van der Waals surface area contributed by atoms with Crippen LogP contribution in [-0.4, -0.2) is 35.6 Å². The Morgan fingerprint density at radius 1 is 0.979 bits per heavy atom. The number of nitrogens with one attached hydrogen (secondary N) is 3. The summed E-state index contributed by atoms with van der Waals surface area (Å²) < 4.78 is 5.32. The maximum atomic E-state index is 13.7. The minimum Gasteiger partial charge on any atom is -0.504 e. The zero-order valence-corrected chi connectivity index (χ0v) is 26.9. The minimum atomic E-state index is -0.851. The van der Waals surface area contributed by atoms with Crippen molar-refractivity contribution in [2.75, 3.05) is 23.5 Å². The lowest BCUT2D eigenvalue weighted by atomic mass is 9.82. The van der Waals surface area contributed by atoms with E-state index in [4.69, 9.17) is 16.3 Å². The van der Waals surface area contributed by atoms with Crippen LogP contribution in [-0.2, 0) is 9.59 Å². The van der Waals surface area contributed by atoms with Gasteiger partial charge in [-0.1, -0.05) is 78.0 Å². The Morgan fingerprint density at radius 3 is 2.36 bits per heavy atom. The number of nitrogens with zero attached hydrogens (tertiary/aromatic N) is 1. The molecule has 5 rings (SSSR count). The predicted molar refractivity (Wildman–Crippen MR) is 183 cm³/mol. The van der Waals surface area contributed by atoms with Gasteiger partial charge in [0.15, 0.2) is 17.3 Å². The lowest BCUT2D eigenvalue weighted by molar-refractivity contribution is -0.114. The average Bonchev–Trinajstić information content (AvgIpc) is 3.08. The largest absolute Gasteiger partial charge is 0.504 e. The minimum absolute atomic E-state index is 0.0951. The van der Waals surface area contributed by atoms with Gasteiger partial charge in [-0.25, -0.2) is 0 Å². The number of methoxy groups -OCH3 is 1. The van der Waals surface area contributed by atoms with Gasteiger partial charge in [0.1, 0.15) is 0 Å². The molecule has 1 aliphatic heterocycles. The standard InChI is InChI=1S/C36H29ClN4O5S/c1-21-32(35(45)40-25-11-7-4-8-12-25)33(23-13-16-29(42)30(17-23)46-2)27(19-38)36(39-21)47-20-31(43)41-28-15-14-24(37)18-26(28)34(44)22-9-5-3-6-10-22/h3-18,33,39,42H,20H2,1-2H3,(H,40,45)(H,41,43)/t33-/m0/s1. The number of phenolic OH excluding ortho intramolecular Hbond substituents is 1. The van der Waals surface area contributed by atoms with Crippen LogP contribution < -0.4 is 20.7 Å². The molecule has 0 aromatic heterocycles. The van der Waals surface area contributed by atoms with E-state index >= 15 is 0 Å². The van der Waals surface area contributed by atoms with Crippen molar-refractivity contribution in [1.29, 1.82) is 5.26 Å². The summed E-state index contributed by atoms with van der Waals surface area (Å²) >= 11 is 7.28. The van der Waals surface area contributed by atoms with E-state index in [-0.39, 0.29) is 39.7 Å². The molecule has 1 heterocycles. The summed E-state index contributed by atoms with van der Waals surface area (Å²) in [5.41, 5.74) is 3.05. The van der Waals surface area contributed by atoms with Crippen LogP contribution in [0.15, 0.2) is 119 Å². The first kappa shape index (κ1) is 32.9. The van der Waals surface area contributed by atoms with Crippen molar-refractivity contribution < 1.29 is 24.2 Å². The van der Waals surface area contributed by atoms with E-state index in [1.807, 2.05) is 6.07 Å². The van der Waals surface area contributed by atoms with Gasteiger partial charge < -0.3 is 25.8 Å². The number of rotatable bonds is 10. The summed E-state index contributed by atoms with van der Waals surface area (Å²) in [6.07, 6.45) is 0. The highest BCUT2D eigenvalue weighted by atomic mass is 35.5. The molecule has 0 fully saturated rings. The normalized spacial score (nSPS) is 14.1. The fraction of sp³-hybridized carbons (Fsp3) is 0.111. The highest BCUT2D eigenvalue weighted by Crippen LogP contribution is 2.43. The topological polar surface area (TPSA) is 141 Å². The third-order valence-corrected chi connectivity index (χ3v) is 8.60. The fourth-order valence-corrected chi connectivity index (χ4v) is 6.20. The number of hydrogen-bond donors (Lipinski definition) is 4. The van der Waals surface area contributed by atoms with E-state index in [1.165, 1.54) is 19.2 Å². The number of para-hydroxylation sites is 1. The van der Waals surface area contributed by atoms with Crippen molar-refractivity contribution in [3.05, 3.63) is 141 Å². The lowest BCUT2D eigenvalue weighted by Gasteiger charge is -2.30. The predicted octanol–water partition coefficient (Wildman–Crippen LogP) is 6.99. The first-order valence-corrected chi connectivity index (χ1v) is 15.7. The van der Waals surface area contributed by atoms with Crippen molar-refractivity contribution in [2.45, 2.75) is 12.8 Å². The molecule has 0 saturated carbocycles. The van der Waals surface area contributed by atoms with Crippen molar-refractivity contribution in [3.8, 4) is 17.6 Å². The third kappa shape index (κ3) is 7.49. The van der Waals surface area contributed by atoms with E-state index < -0.39 is 17.7 Å². The number of anilines is 2. The number of dihydropyridines is 1. The Labute approximate surface area is 280 Å². The number of allylic oxidation sites excluding steroid dienone is 2. The van der Waals surface area contributed by atoms with Crippen LogP contribution in [0, 0.1) is 11.3 Å². The van der Waals surface area contributed by atoms with Crippen molar-refractivity contribution >= 4 is 52.3 Å². The number of ketones is 1. The molecule has 9 nitrogen and oxygen atoms in total. The summed E-state index contributed by atoms with van der Waals surface area (Å²) in [6.45, 7) is 1.72. The van der Waals surface area contributed by atoms with E-state index in [0.29, 0.717) is 38.3 Å². The Kier molecular flexibility index (Phi) is 10.3. The molecule has 0 aliphatic carbocycles. The van der Waals surface area contributed by atoms with Gasteiger partial charge in [0.25, 0.3) is 5.91 Å². The van der Waals surface area contributed by atoms with Crippen LogP contribution in [0.5, 0.6) is 11.5 Å². The molecule has 47 heavy (non-hydrogen) atoms.